The van der Waals surface area contributed by atoms with E-state index in [4.69, 9.17) is 5.73 Å². The van der Waals surface area contributed by atoms with Gasteiger partial charge in [0.05, 0.1) is 0 Å². The Morgan fingerprint density at radius 3 is 2.83 bits per heavy atom. The van der Waals surface area contributed by atoms with Gasteiger partial charge < -0.3 is 16.4 Å². The first-order valence-electron chi connectivity index (χ1n) is 7.98. The highest BCUT2D eigenvalue weighted by molar-refractivity contribution is 7.09. The summed E-state index contributed by atoms with van der Waals surface area (Å²) in [6, 6.07) is 7.51. The molecule has 0 saturated heterocycles. The minimum atomic E-state index is -0.227. The fourth-order valence-corrected chi connectivity index (χ4v) is 3.11. The molecule has 1 heterocycles. The van der Waals surface area contributed by atoms with Crippen molar-refractivity contribution in [2.45, 2.75) is 32.4 Å². The molecule has 0 unspecified atom stereocenters. The molecule has 1 aromatic heterocycles. The predicted octanol–water partition coefficient (Wildman–Crippen LogP) is 2.27. The van der Waals surface area contributed by atoms with E-state index in [0.717, 1.165) is 35.5 Å². The van der Waals surface area contributed by atoms with Gasteiger partial charge in [-0.3, -0.25) is 9.59 Å². The Bertz CT molecular complexity index is 740. The largest absolute Gasteiger partial charge is 0.347 e. The summed E-state index contributed by atoms with van der Waals surface area (Å²) in [4.78, 5) is 28.2. The molecule has 126 valence electrons. The molecule has 4 N–H and O–H groups in total. The zero-order valence-electron chi connectivity index (χ0n) is 13.2. The number of carbonyl (C=O) groups is 2. The van der Waals surface area contributed by atoms with Crippen LogP contribution in [0.1, 0.15) is 40.3 Å². The van der Waals surface area contributed by atoms with E-state index in [-0.39, 0.29) is 17.7 Å². The van der Waals surface area contributed by atoms with Gasteiger partial charge in [-0.25, -0.2) is 4.98 Å². The average Bonchev–Trinajstić information content (AvgIpc) is 3.00. The Hall–Kier alpha value is -2.25. The van der Waals surface area contributed by atoms with Crippen LogP contribution in [0.15, 0.2) is 29.6 Å². The number of nitrogens with two attached hydrogens (primary N) is 1. The van der Waals surface area contributed by atoms with Crippen molar-refractivity contribution in [3.63, 3.8) is 0 Å². The van der Waals surface area contributed by atoms with E-state index in [2.05, 4.69) is 15.6 Å². The van der Waals surface area contributed by atoms with Crippen LogP contribution in [0.4, 0.5) is 5.69 Å². The number of anilines is 1. The minimum absolute atomic E-state index is 0.0826. The van der Waals surface area contributed by atoms with Crippen molar-refractivity contribution in [3.05, 3.63) is 45.9 Å². The fraction of sp³-hybridized carbons (Fsp3) is 0.353. The minimum Gasteiger partial charge on any atom is -0.347 e. The highest BCUT2D eigenvalue weighted by Crippen LogP contribution is 2.27. The van der Waals surface area contributed by atoms with Gasteiger partial charge in [-0.1, -0.05) is 18.6 Å². The van der Waals surface area contributed by atoms with Gasteiger partial charge in [-0.05, 0) is 30.5 Å². The van der Waals surface area contributed by atoms with Crippen molar-refractivity contribution in [2.75, 3.05) is 5.32 Å². The second-order valence-electron chi connectivity index (χ2n) is 5.83. The second-order valence-corrected chi connectivity index (χ2v) is 6.77. The quantitative estimate of drug-likeness (QED) is 0.749. The molecule has 1 aliphatic carbocycles. The lowest BCUT2D eigenvalue weighted by molar-refractivity contribution is -0.122. The molecule has 1 saturated carbocycles. The first kappa shape index (κ1) is 16.6. The Labute approximate surface area is 144 Å². The van der Waals surface area contributed by atoms with E-state index < -0.39 is 0 Å². The maximum atomic E-state index is 12.1. The molecule has 1 aromatic carbocycles. The molecule has 2 aromatic rings. The average molecular weight is 344 g/mol. The van der Waals surface area contributed by atoms with Crippen LogP contribution < -0.4 is 16.4 Å². The van der Waals surface area contributed by atoms with Crippen LogP contribution in [-0.2, 0) is 17.9 Å². The van der Waals surface area contributed by atoms with Crippen LogP contribution >= 0.6 is 11.3 Å². The molecule has 3 rings (SSSR count). The molecule has 0 atom stereocenters. The number of hydrogen-bond donors (Lipinski definition) is 3. The van der Waals surface area contributed by atoms with Crippen molar-refractivity contribution in [2.24, 2.45) is 11.7 Å². The molecule has 0 bridgehead atoms. The van der Waals surface area contributed by atoms with Crippen LogP contribution in [0.2, 0.25) is 0 Å². The number of carbonyl (C=O) groups excluding carboxylic acids is 2. The first-order chi connectivity index (χ1) is 11.7. The van der Waals surface area contributed by atoms with E-state index in [0.29, 0.717) is 18.8 Å². The number of nitrogens with one attached hydrogen (secondary N) is 2. The summed E-state index contributed by atoms with van der Waals surface area (Å²) in [5.74, 6) is 0.00356. The monoisotopic (exact) mass is 344 g/mol. The molecular formula is C17H20N4O2S. The highest BCUT2D eigenvalue weighted by atomic mass is 32.1. The van der Waals surface area contributed by atoms with Crippen molar-refractivity contribution in [1.82, 2.24) is 10.3 Å². The van der Waals surface area contributed by atoms with Crippen molar-refractivity contribution >= 4 is 28.8 Å². The summed E-state index contributed by atoms with van der Waals surface area (Å²) in [7, 11) is 0. The van der Waals surface area contributed by atoms with Crippen LogP contribution in [0, 0.1) is 5.92 Å². The van der Waals surface area contributed by atoms with E-state index in [1.165, 1.54) is 11.3 Å². The summed E-state index contributed by atoms with van der Waals surface area (Å²) in [5.41, 5.74) is 7.57. The topological polar surface area (TPSA) is 97.1 Å². The van der Waals surface area contributed by atoms with E-state index >= 15 is 0 Å². The zero-order valence-corrected chi connectivity index (χ0v) is 14.1. The van der Waals surface area contributed by atoms with Gasteiger partial charge >= 0.3 is 0 Å². The van der Waals surface area contributed by atoms with Gasteiger partial charge in [0.25, 0.3) is 5.91 Å². The third kappa shape index (κ3) is 3.98. The summed E-state index contributed by atoms with van der Waals surface area (Å²) >= 11 is 1.37. The van der Waals surface area contributed by atoms with Gasteiger partial charge in [0, 0.05) is 30.1 Å². The van der Waals surface area contributed by atoms with E-state index in [1.54, 1.807) is 5.38 Å². The molecule has 1 aliphatic rings. The fourth-order valence-electron chi connectivity index (χ4n) is 2.46. The molecule has 24 heavy (non-hydrogen) atoms. The Balaban J connectivity index is 1.55. The predicted molar refractivity (Wildman–Crippen MR) is 93.6 cm³/mol. The zero-order chi connectivity index (χ0) is 16.9. The Morgan fingerprint density at radius 1 is 1.33 bits per heavy atom. The number of hydrogen-bond acceptors (Lipinski definition) is 5. The van der Waals surface area contributed by atoms with Crippen LogP contribution in [0.5, 0.6) is 0 Å². The molecular weight excluding hydrogens is 324 g/mol. The lowest BCUT2D eigenvalue weighted by Crippen LogP contribution is -2.28. The smallest absolute Gasteiger partial charge is 0.271 e. The highest BCUT2D eigenvalue weighted by Gasteiger charge is 2.25. The molecule has 2 amide bonds. The first-order valence-corrected chi connectivity index (χ1v) is 8.86. The molecule has 7 heteroatoms. The molecule has 1 fully saturated rings. The third-order valence-electron chi connectivity index (χ3n) is 4.08. The molecule has 6 nitrogen and oxygen atoms in total. The van der Waals surface area contributed by atoms with Gasteiger partial charge in [0.2, 0.25) is 5.91 Å². The maximum absolute atomic E-state index is 12.1. The van der Waals surface area contributed by atoms with Gasteiger partial charge in [0.1, 0.15) is 10.7 Å². The third-order valence-corrected chi connectivity index (χ3v) is 4.95. The summed E-state index contributed by atoms with van der Waals surface area (Å²) < 4.78 is 0. The standard InChI is InChI=1S/C17H20N4O2S/c18-8-15-21-14(10-24-15)17(23)19-9-11-3-1-6-13(7-11)20-16(22)12-4-2-5-12/h1,3,6-7,10,12H,2,4-5,8-9,18H2,(H,19,23)(H,20,22). The summed E-state index contributed by atoms with van der Waals surface area (Å²) in [6.45, 7) is 0.710. The number of thiazole rings is 1. The molecule has 0 radical (unpaired) electrons. The van der Waals surface area contributed by atoms with E-state index in [9.17, 15) is 9.59 Å². The SMILES string of the molecule is NCc1nc(C(=O)NCc2cccc(NC(=O)C3CCC3)c2)cs1. The lowest BCUT2D eigenvalue weighted by Gasteiger charge is -2.24. The van der Waals surface area contributed by atoms with E-state index in [1.807, 2.05) is 24.3 Å². The van der Waals surface area contributed by atoms with Crippen molar-refractivity contribution in [1.29, 1.82) is 0 Å². The maximum Gasteiger partial charge on any atom is 0.271 e. The molecule has 0 spiro atoms. The lowest BCUT2D eigenvalue weighted by atomic mass is 9.85. The normalized spacial score (nSPS) is 14.0. The number of benzene rings is 1. The molecule has 0 aliphatic heterocycles. The van der Waals surface area contributed by atoms with Crippen LogP contribution in [0.25, 0.3) is 0 Å². The number of nitrogens with zero attached hydrogens (tertiary/aromatic N) is 1. The number of amides is 2. The number of rotatable bonds is 6. The Kier molecular flexibility index (Phi) is 5.22. The van der Waals surface area contributed by atoms with Crippen LogP contribution in [-0.4, -0.2) is 16.8 Å². The Morgan fingerprint density at radius 2 is 2.17 bits per heavy atom. The number of aromatic nitrogens is 1. The van der Waals surface area contributed by atoms with Crippen molar-refractivity contribution in [3.8, 4) is 0 Å². The van der Waals surface area contributed by atoms with Crippen molar-refractivity contribution < 1.29 is 9.59 Å². The summed E-state index contributed by atoms with van der Waals surface area (Å²) in [5, 5.41) is 8.21. The summed E-state index contributed by atoms with van der Waals surface area (Å²) in [6.07, 6.45) is 3.08. The van der Waals surface area contributed by atoms with Gasteiger partial charge in [0.15, 0.2) is 0 Å². The van der Waals surface area contributed by atoms with Gasteiger partial charge in [-0.2, -0.15) is 0 Å². The van der Waals surface area contributed by atoms with Gasteiger partial charge in [-0.15, -0.1) is 11.3 Å². The van der Waals surface area contributed by atoms with Crippen LogP contribution in [0.3, 0.4) is 0 Å². The second kappa shape index (κ2) is 7.55.